The molecule has 1 amide bonds. The van der Waals surface area contributed by atoms with Crippen molar-refractivity contribution in [2.24, 2.45) is 0 Å². The van der Waals surface area contributed by atoms with Gasteiger partial charge in [0.2, 0.25) is 5.91 Å². The van der Waals surface area contributed by atoms with E-state index in [4.69, 9.17) is 0 Å². The monoisotopic (exact) mass is 385 g/mol. The molecular weight excluding hydrogens is 370 g/mol. The van der Waals surface area contributed by atoms with Crippen LogP contribution in [-0.4, -0.2) is 15.5 Å². The van der Waals surface area contributed by atoms with Crippen LogP contribution < -0.4 is 10.9 Å². The lowest BCUT2D eigenvalue weighted by molar-refractivity contribution is -0.116. The van der Waals surface area contributed by atoms with Gasteiger partial charge in [0.05, 0.1) is 16.6 Å². The lowest BCUT2D eigenvalue weighted by Gasteiger charge is -2.13. The third-order valence-electron chi connectivity index (χ3n) is 3.71. The van der Waals surface area contributed by atoms with E-state index in [1.165, 1.54) is 4.57 Å². The maximum Gasteiger partial charge on any atom is 0.261 e. The van der Waals surface area contributed by atoms with Gasteiger partial charge in [-0.15, -0.1) is 0 Å². The molecule has 0 aliphatic heterocycles. The van der Waals surface area contributed by atoms with Gasteiger partial charge in [-0.25, -0.2) is 4.98 Å². The van der Waals surface area contributed by atoms with Crippen LogP contribution in [0.1, 0.15) is 12.7 Å². The van der Waals surface area contributed by atoms with Crippen LogP contribution >= 0.6 is 15.9 Å². The summed E-state index contributed by atoms with van der Waals surface area (Å²) in [6, 6.07) is 14.5. The number of halogens is 1. The number of hydrogen-bond acceptors (Lipinski definition) is 3. The number of hydrogen-bond donors (Lipinski definition) is 1. The molecule has 24 heavy (non-hydrogen) atoms. The van der Waals surface area contributed by atoms with Crippen LogP contribution in [-0.2, 0) is 17.8 Å². The van der Waals surface area contributed by atoms with Crippen molar-refractivity contribution in [3.8, 4) is 0 Å². The van der Waals surface area contributed by atoms with E-state index in [1.54, 1.807) is 24.3 Å². The zero-order chi connectivity index (χ0) is 17.1. The molecule has 1 N–H and O–H groups in total. The molecule has 2 aromatic carbocycles. The second-order valence-corrected chi connectivity index (χ2v) is 6.17. The Kier molecular flexibility index (Phi) is 4.76. The van der Waals surface area contributed by atoms with Gasteiger partial charge in [0.15, 0.2) is 0 Å². The predicted molar refractivity (Wildman–Crippen MR) is 98.2 cm³/mol. The van der Waals surface area contributed by atoms with Crippen molar-refractivity contribution in [2.75, 3.05) is 5.32 Å². The number of fused-ring (bicyclic) bond motifs is 1. The van der Waals surface area contributed by atoms with E-state index in [2.05, 4.69) is 26.2 Å². The van der Waals surface area contributed by atoms with Crippen LogP contribution in [0.5, 0.6) is 0 Å². The Labute approximate surface area is 147 Å². The smallest absolute Gasteiger partial charge is 0.261 e. The zero-order valence-electron chi connectivity index (χ0n) is 13.1. The first-order chi connectivity index (χ1) is 11.6. The van der Waals surface area contributed by atoms with E-state index >= 15 is 0 Å². The van der Waals surface area contributed by atoms with E-state index in [9.17, 15) is 9.59 Å². The largest absolute Gasteiger partial charge is 0.324 e. The minimum atomic E-state index is -0.268. The van der Waals surface area contributed by atoms with Gasteiger partial charge in [0, 0.05) is 10.9 Å². The summed E-state index contributed by atoms with van der Waals surface area (Å²) in [4.78, 5) is 29.6. The Hall–Kier alpha value is -2.47. The number of nitrogens with one attached hydrogen (secondary N) is 1. The van der Waals surface area contributed by atoms with Gasteiger partial charge in [-0.3, -0.25) is 14.2 Å². The number of benzene rings is 2. The fourth-order valence-electron chi connectivity index (χ4n) is 2.54. The number of carbonyl (C=O) groups excluding carboxylic acids is 1. The quantitative estimate of drug-likeness (QED) is 0.748. The van der Waals surface area contributed by atoms with Crippen molar-refractivity contribution >= 4 is 38.4 Å². The van der Waals surface area contributed by atoms with Gasteiger partial charge in [0.1, 0.15) is 12.4 Å². The fraction of sp³-hybridized carbons (Fsp3) is 0.167. The first kappa shape index (κ1) is 16.4. The molecule has 122 valence electrons. The van der Waals surface area contributed by atoms with Crippen LogP contribution in [0.2, 0.25) is 0 Å². The number of rotatable bonds is 4. The van der Waals surface area contributed by atoms with Crippen LogP contribution in [0, 0.1) is 0 Å². The number of carbonyl (C=O) groups is 1. The highest BCUT2D eigenvalue weighted by Crippen LogP contribution is 2.21. The molecule has 0 atom stereocenters. The Morgan fingerprint density at radius 3 is 2.62 bits per heavy atom. The predicted octanol–water partition coefficient (Wildman–Crippen LogP) is 3.36. The summed E-state index contributed by atoms with van der Waals surface area (Å²) in [5, 5.41) is 3.33. The highest BCUT2D eigenvalue weighted by Gasteiger charge is 2.13. The van der Waals surface area contributed by atoms with Gasteiger partial charge < -0.3 is 5.32 Å². The minimum Gasteiger partial charge on any atom is -0.324 e. The zero-order valence-corrected chi connectivity index (χ0v) is 14.7. The molecule has 6 heteroatoms. The maximum atomic E-state index is 12.7. The summed E-state index contributed by atoms with van der Waals surface area (Å²) in [7, 11) is 0. The minimum absolute atomic E-state index is 0.0683. The molecule has 0 saturated carbocycles. The molecule has 0 radical (unpaired) electrons. The average Bonchev–Trinajstić information content (AvgIpc) is 2.59. The number of aryl methyl sites for hydroxylation is 1. The van der Waals surface area contributed by atoms with Gasteiger partial charge in [0.25, 0.3) is 5.56 Å². The van der Waals surface area contributed by atoms with Crippen molar-refractivity contribution in [1.29, 1.82) is 0 Å². The number of nitrogens with zero attached hydrogens (tertiary/aromatic N) is 2. The fourth-order valence-corrected chi connectivity index (χ4v) is 2.93. The van der Waals surface area contributed by atoms with Gasteiger partial charge >= 0.3 is 0 Å². The molecule has 5 nitrogen and oxygen atoms in total. The van der Waals surface area contributed by atoms with Crippen LogP contribution in [0.4, 0.5) is 5.69 Å². The van der Waals surface area contributed by atoms with Crippen molar-refractivity contribution in [1.82, 2.24) is 9.55 Å². The normalized spacial score (nSPS) is 10.8. The molecule has 1 aromatic heterocycles. The molecule has 0 aliphatic carbocycles. The molecule has 3 rings (SSSR count). The standard InChI is InChI=1S/C18H16BrN3O2/c1-2-16-20-14-9-5-3-7-12(14)18(24)22(16)11-17(23)21-15-10-6-4-8-13(15)19/h3-10H,2,11H2,1H3,(H,21,23). The van der Waals surface area contributed by atoms with E-state index in [-0.39, 0.29) is 18.0 Å². The van der Waals surface area contributed by atoms with Gasteiger partial charge in [-0.2, -0.15) is 0 Å². The molecule has 0 fully saturated rings. The Morgan fingerprint density at radius 1 is 1.17 bits per heavy atom. The molecule has 3 aromatic rings. The Balaban J connectivity index is 1.94. The van der Waals surface area contributed by atoms with Crippen molar-refractivity contribution in [3.05, 3.63) is 69.2 Å². The lowest BCUT2D eigenvalue weighted by atomic mass is 10.2. The highest BCUT2D eigenvalue weighted by molar-refractivity contribution is 9.10. The van der Waals surface area contributed by atoms with Crippen molar-refractivity contribution in [2.45, 2.75) is 19.9 Å². The summed E-state index contributed by atoms with van der Waals surface area (Å²) in [5.74, 6) is 0.330. The van der Waals surface area contributed by atoms with E-state index in [1.807, 2.05) is 31.2 Å². The molecule has 0 aliphatic rings. The number of anilines is 1. The maximum absolute atomic E-state index is 12.7. The molecule has 0 bridgehead atoms. The van der Waals surface area contributed by atoms with Crippen LogP contribution in [0.15, 0.2) is 57.8 Å². The number of aromatic nitrogens is 2. The first-order valence-electron chi connectivity index (χ1n) is 7.63. The summed E-state index contributed by atoms with van der Waals surface area (Å²) in [5.41, 5.74) is 1.13. The third-order valence-corrected chi connectivity index (χ3v) is 4.40. The lowest BCUT2D eigenvalue weighted by Crippen LogP contribution is -2.31. The van der Waals surface area contributed by atoms with Gasteiger partial charge in [-0.1, -0.05) is 31.2 Å². The second-order valence-electron chi connectivity index (χ2n) is 5.32. The molecule has 0 saturated heterocycles. The number of amides is 1. The van der Waals surface area contributed by atoms with Crippen molar-refractivity contribution in [3.63, 3.8) is 0 Å². The van der Waals surface area contributed by atoms with Gasteiger partial charge in [-0.05, 0) is 40.2 Å². The summed E-state index contributed by atoms with van der Waals surface area (Å²) < 4.78 is 2.23. The van der Waals surface area contributed by atoms with Crippen LogP contribution in [0.3, 0.4) is 0 Å². The molecule has 0 spiro atoms. The highest BCUT2D eigenvalue weighted by atomic mass is 79.9. The Bertz CT molecular complexity index is 966. The summed E-state index contributed by atoms with van der Waals surface area (Å²) >= 11 is 3.39. The molecule has 0 unspecified atom stereocenters. The third kappa shape index (κ3) is 3.23. The van der Waals surface area contributed by atoms with Crippen molar-refractivity contribution < 1.29 is 4.79 Å². The number of para-hydroxylation sites is 2. The van der Waals surface area contributed by atoms with E-state index in [0.717, 1.165) is 4.47 Å². The summed E-state index contributed by atoms with van der Waals surface area (Å²) in [6.07, 6.45) is 0.572. The first-order valence-corrected chi connectivity index (χ1v) is 8.42. The van der Waals surface area contributed by atoms with Crippen LogP contribution in [0.25, 0.3) is 10.9 Å². The van der Waals surface area contributed by atoms with E-state index < -0.39 is 0 Å². The Morgan fingerprint density at radius 2 is 1.88 bits per heavy atom. The average molecular weight is 386 g/mol. The molecule has 1 heterocycles. The SMILES string of the molecule is CCc1nc2ccccc2c(=O)n1CC(=O)Nc1ccccc1Br. The topological polar surface area (TPSA) is 64.0 Å². The van der Waals surface area contributed by atoms with E-state index in [0.29, 0.717) is 28.8 Å². The summed E-state index contributed by atoms with van der Waals surface area (Å²) in [6.45, 7) is 1.85. The second kappa shape index (κ2) is 6.97. The molecular formula is C18H16BrN3O2.